The van der Waals surface area contributed by atoms with Gasteiger partial charge < -0.3 is 4.57 Å². The van der Waals surface area contributed by atoms with E-state index in [1.807, 2.05) is 60.8 Å². The topological polar surface area (TPSA) is 17.8 Å². The van der Waals surface area contributed by atoms with E-state index < -0.39 is 0 Å². The molecule has 0 aliphatic carbocycles. The number of hydrogen-bond acceptors (Lipinski definition) is 2. The molecule has 0 fully saturated rings. The molecular formula is C22H21ClN2S. The number of nitrogens with zero attached hydrogens (tertiary/aromatic N) is 2. The lowest BCUT2D eigenvalue weighted by molar-refractivity contribution is 0.721. The highest BCUT2D eigenvalue weighted by atomic mass is 35.5. The van der Waals surface area contributed by atoms with E-state index in [0.717, 1.165) is 22.9 Å². The van der Waals surface area contributed by atoms with Crippen LogP contribution in [-0.4, -0.2) is 20.6 Å². The van der Waals surface area contributed by atoms with E-state index in [1.54, 1.807) is 0 Å². The fourth-order valence-corrected chi connectivity index (χ4v) is 3.54. The standard InChI is InChI=1S/C22H21ClN2S/c23-21-11-8-20(9-12-21)10-13-22(17-25-15-14-24-18-25)26-16-4-7-19-5-2-1-3-6-19/h1-15,18,22H,16-17H2. The van der Waals surface area contributed by atoms with Gasteiger partial charge >= 0.3 is 0 Å². The maximum atomic E-state index is 5.96. The first-order chi connectivity index (χ1) is 12.8. The molecule has 4 heteroatoms. The van der Waals surface area contributed by atoms with Crippen LogP contribution < -0.4 is 0 Å². The van der Waals surface area contributed by atoms with Crippen molar-refractivity contribution in [2.75, 3.05) is 5.75 Å². The molecule has 0 saturated carbocycles. The molecule has 1 aromatic heterocycles. The van der Waals surface area contributed by atoms with Crippen LogP contribution in [0.5, 0.6) is 0 Å². The van der Waals surface area contributed by atoms with E-state index in [9.17, 15) is 0 Å². The van der Waals surface area contributed by atoms with Crippen LogP contribution in [0.1, 0.15) is 11.1 Å². The third kappa shape index (κ3) is 6.25. The summed E-state index contributed by atoms with van der Waals surface area (Å²) in [5.41, 5.74) is 2.39. The molecule has 0 amide bonds. The Bertz CT molecular complexity index is 824. The van der Waals surface area contributed by atoms with Crippen molar-refractivity contribution < 1.29 is 0 Å². The van der Waals surface area contributed by atoms with E-state index in [2.05, 4.69) is 58.1 Å². The van der Waals surface area contributed by atoms with Crippen molar-refractivity contribution in [2.24, 2.45) is 0 Å². The summed E-state index contributed by atoms with van der Waals surface area (Å²) >= 11 is 7.87. The summed E-state index contributed by atoms with van der Waals surface area (Å²) < 4.78 is 2.12. The van der Waals surface area contributed by atoms with E-state index in [0.29, 0.717) is 5.25 Å². The SMILES string of the molecule is Clc1ccc(C=CC(Cn2ccnc2)SCC=Cc2ccccc2)cc1. The van der Waals surface area contributed by atoms with Gasteiger partial charge in [-0.05, 0) is 23.3 Å². The minimum absolute atomic E-state index is 0.361. The predicted octanol–water partition coefficient (Wildman–Crippen LogP) is 6.07. The second-order valence-electron chi connectivity index (χ2n) is 5.85. The van der Waals surface area contributed by atoms with Crippen LogP contribution in [0.4, 0.5) is 0 Å². The highest BCUT2D eigenvalue weighted by Crippen LogP contribution is 2.18. The van der Waals surface area contributed by atoms with Crippen molar-refractivity contribution >= 4 is 35.5 Å². The van der Waals surface area contributed by atoms with E-state index in [4.69, 9.17) is 11.6 Å². The molecule has 3 aromatic rings. The van der Waals surface area contributed by atoms with Crippen molar-refractivity contribution in [1.82, 2.24) is 9.55 Å². The molecule has 132 valence electrons. The van der Waals surface area contributed by atoms with Crippen LogP contribution in [0.25, 0.3) is 12.2 Å². The summed E-state index contributed by atoms with van der Waals surface area (Å²) in [4.78, 5) is 4.14. The smallest absolute Gasteiger partial charge is 0.0946 e. The normalized spacial score (nSPS) is 12.8. The van der Waals surface area contributed by atoms with Gasteiger partial charge in [0.1, 0.15) is 0 Å². The number of aromatic nitrogens is 2. The molecule has 0 aliphatic rings. The Morgan fingerprint density at radius 2 is 1.77 bits per heavy atom. The molecule has 2 nitrogen and oxygen atoms in total. The lowest BCUT2D eigenvalue weighted by Crippen LogP contribution is -2.09. The average Bonchev–Trinajstić information content (AvgIpc) is 3.18. The zero-order valence-corrected chi connectivity index (χ0v) is 16.0. The van der Waals surface area contributed by atoms with Gasteiger partial charge in [-0.3, -0.25) is 0 Å². The highest BCUT2D eigenvalue weighted by Gasteiger charge is 2.05. The molecule has 0 spiro atoms. The fourth-order valence-electron chi connectivity index (χ4n) is 2.49. The molecule has 0 radical (unpaired) electrons. The number of rotatable bonds is 8. The molecule has 1 unspecified atom stereocenters. The van der Waals surface area contributed by atoms with Crippen LogP contribution in [0.3, 0.4) is 0 Å². The third-order valence-corrected chi connectivity index (χ3v) is 5.21. The van der Waals surface area contributed by atoms with Gasteiger partial charge in [-0.1, -0.05) is 78.4 Å². The first kappa shape index (κ1) is 18.6. The van der Waals surface area contributed by atoms with Gasteiger partial charge in [0.25, 0.3) is 0 Å². The van der Waals surface area contributed by atoms with E-state index in [1.165, 1.54) is 5.56 Å². The molecule has 0 bridgehead atoms. The van der Waals surface area contributed by atoms with Crippen LogP contribution in [0.15, 0.2) is 85.5 Å². The molecule has 0 aliphatic heterocycles. The maximum Gasteiger partial charge on any atom is 0.0946 e. The molecule has 0 N–H and O–H groups in total. The molecule has 2 aromatic carbocycles. The summed E-state index contributed by atoms with van der Waals surface area (Å²) in [5.74, 6) is 0.958. The van der Waals surface area contributed by atoms with Gasteiger partial charge in [0.05, 0.1) is 6.33 Å². The molecule has 26 heavy (non-hydrogen) atoms. The van der Waals surface area contributed by atoms with Gasteiger partial charge in [-0.25, -0.2) is 4.98 Å². The highest BCUT2D eigenvalue weighted by molar-refractivity contribution is 8.00. The Labute approximate surface area is 164 Å². The molecule has 1 heterocycles. The Morgan fingerprint density at radius 3 is 2.50 bits per heavy atom. The minimum atomic E-state index is 0.361. The van der Waals surface area contributed by atoms with Crippen LogP contribution >= 0.6 is 23.4 Å². The van der Waals surface area contributed by atoms with Gasteiger partial charge in [-0.15, -0.1) is 11.8 Å². The minimum Gasteiger partial charge on any atom is -0.336 e. The second kappa shape index (κ2) is 10.0. The van der Waals surface area contributed by atoms with Crippen molar-refractivity contribution in [3.8, 4) is 0 Å². The number of benzene rings is 2. The van der Waals surface area contributed by atoms with Crippen molar-refractivity contribution in [1.29, 1.82) is 0 Å². The largest absolute Gasteiger partial charge is 0.336 e. The number of thioether (sulfide) groups is 1. The van der Waals surface area contributed by atoms with Crippen LogP contribution in [0, 0.1) is 0 Å². The fraction of sp³-hybridized carbons (Fsp3) is 0.136. The lowest BCUT2D eigenvalue weighted by Gasteiger charge is -2.12. The summed E-state index contributed by atoms with van der Waals surface area (Å²) in [5, 5.41) is 1.12. The lowest BCUT2D eigenvalue weighted by atomic mass is 10.2. The maximum absolute atomic E-state index is 5.96. The van der Waals surface area contributed by atoms with Gasteiger partial charge in [0, 0.05) is 35.0 Å². The van der Waals surface area contributed by atoms with Crippen LogP contribution in [-0.2, 0) is 6.54 Å². The summed E-state index contributed by atoms with van der Waals surface area (Å²) in [6, 6.07) is 18.3. The summed E-state index contributed by atoms with van der Waals surface area (Å²) in [6.45, 7) is 0.897. The Morgan fingerprint density at radius 1 is 1.00 bits per heavy atom. The number of imidazole rings is 1. The van der Waals surface area contributed by atoms with Crippen molar-refractivity contribution in [2.45, 2.75) is 11.8 Å². The monoisotopic (exact) mass is 380 g/mol. The average molecular weight is 381 g/mol. The quantitative estimate of drug-likeness (QED) is 0.472. The summed E-state index contributed by atoms with van der Waals surface area (Å²) in [6.07, 6.45) is 14.5. The van der Waals surface area contributed by atoms with Gasteiger partial charge in [-0.2, -0.15) is 0 Å². The first-order valence-electron chi connectivity index (χ1n) is 8.52. The van der Waals surface area contributed by atoms with Crippen LogP contribution in [0.2, 0.25) is 5.02 Å². The Balaban J connectivity index is 1.61. The van der Waals surface area contributed by atoms with Gasteiger partial charge in [0.2, 0.25) is 0 Å². The van der Waals surface area contributed by atoms with Crippen molar-refractivity contribution in [3.05, 3.63) is 102 Å². The Kier molecular flexibility index (Phi) is 7.17. The predicted molar refractivity (Wildman–Crippen MR) is 114 cm³/mol. The Hall–Kier alpha value is -2.23. The first-order valence-corrected chi connectivity index (χ1v) is 9.95. The summed E-state index contributed by atoms with van der Waals surface area (Å²) in [7, 11) is 0. The zero-order valence-electron chi connectivity index (χ0n) is 14.4. The molecular weight excluding hydrogens is 360 g/mol. The zero-order chi connectivity index (χ0) is 18.0. The van der Waals surface area contributed by atoms with Gasteiger partial charge in [0.15, 0.2) is 0 Å². The van der Waals surface area contributed by atoms with Crippen molar-refractivity contribution in [3.63, 3.8) is 0 Å². The number of halogens is 1. The number of hydrogen-bond donors (Lipinski definition) is 0. The van der Waals surface area contributed by atoms with E-state index in [-0.39, 0.29) is 0 Å². The molecule has 1 atom stereocenters. The third-order valence-electron chi connectivity index (χ3n) is 3.84. The molecule has 3 rings (SSSR count). The molecule has 0 saturated heterocycles. The second-order valence-corrected chi connectivity index (χ2v) is 7.56. The van der Waals surface area contributed by atoms with E-state index >= 15 is 0 Å².